The number of halogens is 3. The van der Waals surface area contributed by atoms with Crippen molar-refractivity contribution in [1.82, 2.24) is 4.98 Å². The lowest BCUT2D eigenvalue weighted by molar-refractivity contribution is -0.137. The molecule has 0 bridgehead atoms. The van der Waals surface area contributed by atoms with Crippen LogP contribution < -0.4 is 10.3 Å². The molecule has 0 unspecified atom stereocenters. The van der Waals surface area contributed by atoms with Crippen molar-refractivity contribution < 1.29 is 13.2 Å². The minimum atomic E-state index is -4.40. The smallest absolute Gasteiger partial charge is 0.347 e. The van der Waals surface area contributed by atoms with Crippen molar-refractivity contribution in [2.75, 3.05) is 17.4 Å². The summed E-state index contributed by atoms with van der Waals surface area (Å²) in [5.41, 5.74) is 5.14. The van der Waals surface area contributed by atoms with Crippen LogP contribution in [0, 0.1) is 0 Å². The van der Waals surface area contributed by atoms with E-state index in [0.717, 1.165) is 23.6 Å². The van der Waals surface area contributed by atoms with Gasteiger partial charge in [-0.25, -0.2) is 4.98 Å². The predicted octanol–water partition coefficient (Wildman–Crippen LogP) is 4.81. The highest BCUT2D eigenvalue weighted by Crippen LogP contribution is 2.46. The lowest BCUT2D eigenvalue weighted by Crippen LogP contribution is -2.23. The highest BCUT2D eigenvalue weighted by molar-refractivity contribution is 5.79. The van der Waals surface area contributed by atoms with Crippen LogP contribution in [0.3, 0.4) is 0 Å². The molecular formula is C19H19F3N4. The maximum absolute atomic E-state index is 12.5. The second-order valence-corrected chi connectivity index (χ2v) is 6.57. The number of nitrogens with one attached hydrogen (secondary N) is 1. The van der Waals surface area contributed by atoms with Crippen LogP contribution in [-0.4, -0.2) is 18.2 Å². The molecule has 1 aliphatic heterocycles. The third-order valence-electron chi connectivity index (χ3n) is 4.52. The Kier molecular flexibility index (Phi) is 4.48. The number of allylic oxidation sites excluding steroid dienone is 2. The van der Waals surface area contributed by atoms with Crippen LogP contribution in [0.15, 0.2) is 59.5 Å². The number of anilines is 2. The molecule has 1 aromatic heterocycles. The molecule has 1 aliphatic rings. The molecule has 3 rings (SSSR count). The fourth-order valence-corrected chi connectivity index (χ4v) is 3.14. The van der Waals surface area contributed by atoms with Crippen LogP contribution in [0.2, 0.25) is 0 Å². The van der Waals surface area contributed by atoms with Crippen LogP contribution >= 0.6 is 0 Å². The van der Waals surface area contributed by atoms with E-state index >= 15 is 0 Å². The van der Waals surface area contributed by atoms with Gasteiger partial charge in [0.05, 0.1) is 5.56 Å². The van der Waals surface area contributed by atoms with Gasteiger partial charge < -0.3 is 4.90 Å². The highest BCUT2D eigenvalue weighted by Gasteiger charge is 2.37. The second-order valence-electron chi connectivity index (χ2n) is 6.57. The van der Waals surface area contributed by atoms with Crippen molar-refractivity contribution in [2.24, 2.45) is 5.10 Å². The zero-order chi connectivity index (χ0) is 18.9. The van der Waals surface area contributed by atoms with E-state index in [0.29, 0.717) is 0 Å². The third-order valence-corrected chi connectivity index (χ3v) is 4.52. The van der Waals surface area contributed by atoms with Gasteiger partial charge in [-0.3, -0.25) is 5.43 Å². The first-order chi connectivity index (χ1) is 12.2. The zero-order valence-corrected chi connectivity index (χ0v) is 14.7. The molecule has 136 valence electrons. The fraction of sp³-hybridized carbons (Fsp3) is 0.263. The highest BCUT2D eigenvalue weighted by atomic mass is 19.4. The summed E-state index contributed by atoms with van der Waals surface area (Å²) in [7, 11) is 2.00. The first kappa shape index (κ1) is 18.0. The Morgan fingerprint density at radius 2 is 1.88 bits per heavy atom. The number of para-hydroxylation sites is 1. The molecule has 7 heteroatoms. The number of hydrazone groups is 1. The minimum Gasteiger partial charge on any atom is -0.347 e. The van der Waals surface area contributed by atoms with Crippen molar-refractivity contribution in [3.8, 4) is 0 Å². The van der Waals surface area contributed by atoms with E-state index in [-0.39, 0.29) is 11.2 Å². The van der Waals surface area contributed by atoms with Crippen molar-refractivity contribution >= 4 is 17.7 Å². The van der Waals surface area contributed by atoms with E-state index in [9.17, 15) is 13.2 Å². The third kappa shape index (κ3) is 3.29. The first-order valence-electron chi connectivity index (χ1n) is 8.07. The molecule has 2 heterocycles. The molecule has 0 aliphatic carbocycles. The molecule has 1 N–H and O–H groups in total. The van der Waals surface area contributed by atoms with Crippen LogP contribution in [0.4, 0.5) is 24.7 Å². The molecule has 2 aromatic rings. The monoisotopic (exact) mass is 360 g/mol. The Hall–Kier alpha value is -2.83. The van der Waals surface area contributed by atoms with E-state index in [1.807, 2.05) is 25.3 Å². The summed E-state index contributed by atoms with van der Waals surface area (Å²) in [5, 5.41) is 4.04. The van der Waals surface area contributed by atoms with Gasteiger partial charge in [0.2, 0.25) is 0 Å². The van der Waals surface area contributed by atoms with Gasteiger partial charge in [0, 0.05) is 36.3 Å². The Labute approximate surface area is 150 Å². The van der Waals surface area contributed by atoms with Crippen LogP contribution in [0.25, 0.3) is 0 Å². The number of rotatable bonds is 3. The first-order valence-corrected chi connectivity index (χ1v) is 8.07. The SMILES string of the molecule is CN1/C(=C\C=N/Nc2ccc(C(F)(F)F)cn2)C(C)(C)c2ccccc21. The van der Waals surface area contributed by atoms with Crippen molar-refractivity contribution in [1.29, 1.82) is 0 Å². The second kappa shape index (κ2) is 6.48. The fourth-order valence-electron chi connectivity index (χ4n) is 3.14. The van der Waals surface area contributed by atoms with Crippen molar-refractivity contribution in [2.45, 2.75) is 25.4 Å². The summed E-state index contributed by atoms with van der Waals surface area (Å²) in [6, 6.07) is 10.4. The standard InChI is InChI=1S/C19H19F3N4/c1-18(2)14-6-4-5-7-15(14)26(3)16(18)10-11-24-25-17-9-8-13(12-23-17)19(20,21)22/h4-12H,1-3H3,(H,23,25)/b16-10-,24-11-. The van der Waals surface area contributed by atoms with E-state index in [1.165, 1.54) is 11.6 Å². The summed E-state index contributed by atoms with van der Waals surface area (Å²) in [4.78, 5) is 5.82. The van der Waals surface area contributed by atoms with E-state index in [1.54, 1.807) is 6.21 Å². The summed E-state index contributed by atoms with van der Waals surface area (Å²) in [6.07, 6.45) is -0.149. The molecule has 26 heavy (non-hydrogen) atoms. The number of hydrogen-bond donors (Lipinski definition) is 1. The number of aromatic nitrogens is 1. The van der Waals surface area contributed by atoms with Gasteiger partial charge in [-0.05, 0) is 29.8 Å². The summed E-state index contributed by atoms with van der Waals surface area (Å²) in [6.45, 7) is 4.28. The van der Waals surface area contributed by atoms with Crippen LogP contribution in [-0.2, 0) is 11.6 Å². The van der Waals surface area contributed by atoms with Gasteiger partial charge in [0.25, 0.3) is 0 Å². The van der Waals surface area contributed by atoms with Crippen LogP contribution in [0.5, 0.6) is 0 Å². The molecule has 0 spiro atoms. The topological polar surface area (TPSA) is 40.5 Å². The molecule has 0 saturated heterocycles. The van der Waals surface area contributed by atoms with Crippen LogP contribution in [0.1, 0.15) is 25.0 Å². The molecule has 0 amide bonds. The quantitative estimate of drug-likeness (QED) is 0.631. The van der Waals surface area contributed by atoms with Gasteiger partial charge in [0.15, 0.2) is 0 Å². The Balaban J connectivity index is 1.72. The molecule has 1 aromatic carbocycles. The molecule has 4 nitrogen and oxygen atoms in total. The normalized spacial score (nSPS) is 17.8. The molecule has 0 fully saturated rings. The van der Waals surface area contributed by atoms with Gasteiger partial charge in [-0.15, -0.1) is 0 Å². The number of benzene rings is 1. The van der Waals surface area contributed by atoms with E-state index in [2.05, 4.69) is 46.4 Å². The Bertz CT molecular complexity index is 852. The van der Waals surface area contributed by atoms with Gasteiger partial charge in [0.1, 0.15) is 5.82 Å². The number of fused-ring (bicyclic) bond motifs is 1. The average molecular weight is 360 g/mol. The summed E-state index contributed by atoms with van der Waals surface area (Å²) >= 11 is 0. The molecule has 0 radical (unpaired) electrons. The Morgan fingerprint density at radius 3 is 2.50 bits per heavy atom. The molecule has 0 atom stereocenters. The lowest BCUT2D eigenvalue weighted by atomic mass is 9.84. The Morgan fingerprint density at radius 1 is 1.15 bits per heavy atom. The number of hydrogen-bond acceptors (Lipinski definition) is 4. The number of nitrogens with zero attached hydrogens (tertiary/aromatic N) is 3. The number of alkyl halides is 3. The number of pyridine rings is 1. The van der Waals surface area contributed by atoms with Crippen molar-refractivity contribution in [3.63, 3.8) is 0 Å². The lowest BCUT2D eigenvalue weighted by Gasteiger charge is -2.23. The summed E-state index contributed by atoms with van der Waals surface area (Å²) < 4.78 is 37.6. The maximum Gasteiger partial charge on any atom is 0.417 e. The van der Waals surface area contributed by atoms with E-state index < -0.39 is 11.7 Å². The number of likely N-dealkylation sites (N-methyl/N-ethyl adjacent to an activating group) is 1. The van der Waals surface area contributed by atoms with Gasteiger partial charge >= 0.3 is 6.18 Å². The average Bonchev–Trinajstić information content (AvgIpc) is 2.79. The van der Waals surface area contributed by atoms with Gasteiger partial charge in [-0.2, -0.15) is 18.3 Å². The minimum absolute atomic E-state index is 0.163. The largest absolute Gasteiger partial charge is 0.417 e. The summed E-state index contributed by atoms with van der Waals surface area (Å²) in [5.74, 6) is 0.245. The molecule has 0 saturated carbocycles. The molecular weight excluding hydrogens is 341 g/mol. The predicted molar refractivity (Wildman–Crippen MR) is 97.3 cm³/mol. The maximum atomic E-state index is 12.5. The zero-order valence-electron chi connectivity index (χ0n) is 14.7. The van der Waals surface area contributed by atoms with E-state index in [4.69, 9.17) is 0 Å². The van der Waals surface area contributed by atoms with Crippen molar-refractivity contribution in [3.05, 3.63) is 65.5 Å². The van der Waals surface area contributed by atoms with Gasteiger partial charge in [-0.1, -0.05) is 32.0 Å².